The van der Waals surface area contributed by atoms with E-state index < -0.39 is 0 Å². The molecule has 11 heavy (non-hydrogen) atoms. The van der Waals surface area contributed by atoms with Gasteiger partial charge in [-0.2, -0.15) is 0 Å². The van der Waals surface area contributed by atoms with Crippen molar-refractivity contribution < 1.29 is 0 Å². The van der Waals surface area contributed by atoms with Gasteiger partial charge in [0.2, 0.25) is 0 Å². The lowest BCUT2D eigenvalue weighted by atomic mass is 9.96. The second kappa shape index (κ2) is 5.40. The topological polar surface area (TPSA) is 0 Å². The summed E-state index contributed by atoms with van der Waals surface area (Å²) in [6.07, 6.45) is 14.5. The normalized spacial score (nSPS) is 28.3. The van der Waals surface area contributed by atoms with Gasteiger partial charge in [-0.05, 0) is 31.6 Å². The highest BCUT2D eigenvalue weighted by Gasteiger charge is 2.01. The molecule has 0 bridgehead atoms. The fourth-order valence-electron chi connectivity index (χ4n) is 1.72. The maximum absolute atomic E-state index is 2.39. The highest BCUT2D eigenvalue weighted by atomic mass is 14.1. The third-order valence-corrected chi connectivity index (χ3v) is 2.55. The van der Waals surface area contributed by atoms with Crippen LogP contribution in [0.1, 0.15) is 51.9 Å². The summed E-state index contributed by atoms with van der Waals surface area (Å²) in [4.78, 5) is 0. The van der Waals surface area contributed by atoms with E-state index in [0.29, 0.717) is 0 Å². The van der Waals surface area contributed by atoms with E-state index in [0.717, 1.165) is 5.92 Å². The van der Waals surface area contributed by atoms with Crippen LogP contribution in [0.5, 0.6) is 0 Å². The van der Waals surface area contributed by atoms with Gasteiger partial charge in [-0.15, -0.1) is 0 Å². The minimum Gasteiger partial charge on any atom is -0.0885 e. The molecular formula is C11H20. The van der Waals surface area contributed by atoms with Crippen molar-refractivity contribution in [3.05, 3.63) is 12.2 Å². The quantitative estimate of drug-likeness (QED) is 0.461. The second-order valence-corrected chi connectivity index (χ2v) is 3.79. The van der Waals surface area contributed by atoms with E-state index in [-0.39, 0.29) is 0 Å². The molecule has 1 rings (SSSR count). The molecule has 0 spiro atoms. The molecule has 0 aliphatic heterocycles. The van der Waals surface area contributed by atoms with Gasteiger partial charge in [0, 0.05) is 0 Å². The Morgan fingerprint density at radius 1 is 0.909 bits per heavy atom. The molecule has 1 unspecified atom stereocenters. The van der Waals surface area contributed by atoms with Gasteiger partial charge < -0.3 is 0 Å². The summed E-state index contributed by atoms with van der Waals surface area (Å²) in [7, 11) is 0. The summed E-state index contributed by atoms with van der Waals surface area (Å²) in [6.45, 7) is 2.39. The second-order valence-electron chi connectivity index (χ2n) is 3.79. The van der Waals surface area contributed by atoms with Crippen LogP contribution in [0.15, 0.2) is 12.2 Å². The molecule has 0 amide bonds. The molecule has 0 fully saturated rings. The molecule has 0 radical (unpaired) electrons. The molecular weight excluding hydrogens is 132 g/mol. The van der Waals surface area contributed by atoms with E-state index in [1.807, 2.05) is 0 Å². The Morgan fingerprint density at radius 2 is 1.55 bits per heavy atom. The van der Waals surface area contributed by atoms with Crippen LogP contribution in [-0.4, -0.2) is 0 Å². The van der Waals surface area contributed by atoms with Gasteiger partial charge in [0.1, 0.15) is 0 Å². The van der Waals surface area contributed by atoms with Gasteiger partial charge in [0.25, 0.3) is 0 Å². The lowest BCUT2D eigenvalue weighted by molar-refractivity contribution is 0.451. The Hall–Kier alpha value is -0.260. The first-order valence-corrected chi connectivity index (χ1v) is 5.04. The highest BCUT2D eigenvalue weighted by molar-refractivity contribution is 4.82. The zero-order chi connectivity index (χ0) is 7.94. The predicted molar refractivity (Wildman–Crippen MR) is 50.6 cm³/mol. The monoisotopic (exact) mass is 152 g/mol. The van der Waals surface area contributed by atoms with E-state index in [1.165, 1.54) is 44.9 Å². The van der Waals surface area contributed by atoms with Crippen LogP contribution in [0.25, 0.3) is 0 Å². The van der Waals surface area contributed by atoms with Gasteiger partial charge in [0.05, 0.1) is 0 Å². The van der Waals surface area contributed by atoms with E-state index >= 15 is 0 Å². The fraction of sp³-hybridized carbons (Fsp3) is 0.818. The maximum Gasteiger partial charge on any atom is -0.0351 e. The van der Waals surface area contributed by atoms with Crippen LogP contribution in [0.4, 0.5) is 0 Å². The minimum absolute atomic E-state index is 0.974. The van der Waals surface area contributed by atoms with Crippen LogP contribution < -0.4 is 0 Å². The largest absolute Gasteiger partial charge is 0.0885 e. The summed E-state index contributed by atoms with van der Waals surface area (Å²) in [5.74, 6) is 0.974. The lowest BCUT2D eigenvalue weighted by Gasteiger charge is -2.10. The van der Waals surface area contributed by atoms with Gasteiger partial charge in [0.15, 0.2) is 0 Å². The molecule has 0 heteroatoms. The summed E-state index contributed by atoms with van der Waals surface area (Å²) in [5.41, 5.74) is 0. The van der Waals surface area contributed by atoms with Gasteiger partial charge in [-0.1, -0.05) is 38.3 Å². The maximum atomic E-state index is 2.39. The van der Waals surface area contributed by atoms with Gasteiger partial charge in [-0.3, -0.25) is 0 Å². The van der Waals surface area contributed by atoms with Crippen molar-refractivity contribution in [1.82, 2.24) is 0 Å². The molecule has 1 atom stereocenters. The molecule has 1 aliphatic rings. The highest BCUT2D eigenvalue weighted by Crippen LogP contribution is 2.17. The van der Waals surface area contributed by atoms with Crippen molar-refractivity contribution in [2.45, 2.75) is 51.9 Å². The fourth-order valence-corrected chi connectivity index (χ4v) is 1.72. The first-order chi connectivity index (χ1) is 5.39. The Morgan fingerprint density at radius 3 is 2.36 bits per heavy atom. The van der Waals surface area contributed by atoms with Crippen molar-refractivity contribution in [2.24, 2.45) is 5.92 Å². The standard InChI is InChI=1S/C11H20/c1-11-9-7-5-3-2-4-6-8-10-11/h2-3,11H,4-10H2,1H3. The summed E-state index contributed by atoms with van der Waals surface area (Å²) < 4.78 is 0. The molecule has 0 heterocycles. The first-order valence-electron chi connectivity index (χ1n) is 5.04. The SMILES string of the molecule is CC1CCCC=CCCCC1. The number of rotatable bonds is 0. The van der Waals surface area contributed by atoms with Crippen molar-refractivity contribution in [2.75, 3.05) is 0 Å². The molecule has 1 aliphatic carbocycles. The first kappa shape index (κ1) is 8.83. The molecule has 0 aromatic carbocycles. The molecule has 0 N–H and O–H groups in total. The number of allylic oxidation sites excluding steroid dienone is 2. The van der Waals surface area contributed by atoms with Crippen molar-refractivity contribution in [3.8, 4) is 0 Å². The van der Waals surface area contributed by atoms with E-state index in [4.69, 9.17) is 0 Å². The lowest BCUT2D eigenvalue weighted by Crippen LogP contribution is -1.95. The smallest absolute Gasteiger partial charge is 0.0351 e. The van der Waals surface area contributed by atoms with Crippen LogP contribution in [0.3, 0.4) is 0 Å². The Labute approximate surface area is 70.7 Å². The molecule has 0 saturated heterocycles. The van der Waals surface area contributed by atoms with E-state index in [9.17, 15) is 0 Å². The Kier molecular flexibility index (Phi) is 4.33. The van der Waals surface area contributed by atoms with E-state index in [1.54, 1.807) is 0 Å². The summed E-state index contributed by atoms with van der Waals surface area (Å²) >= 11 is 0. The molecule has 0 nitrogen and oxygen atoms in total. The van der Waals surface area contributed by atoms with Crippen molar-refractivity contribution in [3.63, 3.8) is 0 Å². The van der Waals surface area contributed by atoms with Crippen LogP contribution in [-0.2, 0) is 0 Å². The summed E-state index contributed by atoms with van der Waals surface area (Å²) in [6, 6.07) is 0. The van der Waals surface area contributed by atoms with Crippen molar-refractivity contribution >= 4 is 0 Å². The van der Waals surface area contributed by atoms with Gasteiger partial charge >= 0.3 is 0 Å². The summed E-state index contributed by atoms with van der Waals surface area (Å²) in [5, 5.41) is 0. The van der Waals surface area contributed by atoms with Gasteiger partial charge in [-0.25, -0.2) is 0 Å². The van der Waals surface area contributed by atoms with Crippen LogP contribution >= 0.6 is 0 Å². The number of hydrogen-bond acceptors (Lipinski definition) is 0. The minimum atomic E-state index is 0.974. The predicted octanol–water partition coefficient (Wildman–Crippen LogP) is 3.92. The van der Waals surface area contributed by atoms with Crippen molar-refractivity contribution in [1.29, 1.82) is 0 Å². The zero-order valence-electron chi connectivity index (χ0n) is 7.68. The molecule has 0 saturated carbocycles. The molecule has 0 aromatic heterocycles. The zero-order valence-corrected chi connectivity index (χ0v) is 7.68. The Balaban J connectivity index is 2.23. The molecule has 64 valence electrons. The van der Waals surface area contributed by atoms with E-state index in [2.05, 4.69) is 19.1 Å². The average molecular weight is 152 g/mol. The van der Waals surface area contributed by atoms with Crippen LogP contribution in [0, 0.1) is 5.92 Å². The average Bonchev–Trinajstić information content (AvgIpc) is 2.03. The van der Waals surface area contributed by atoms with Crippen LogP contribution in [0.2, 0.25) is 0 Å². The third kappa shape index (κ3) is 4.23. The molecule has 0 aromatic rings. The number of hydrogen-bond donors (Lipinski definition) is 0. The Bertz CT molecular complexity index is 113. The third-order valence-electron chi connectivity index (χ3n) is 2.55.